The number of benzene rings is 2. The van der Waals surface area contributed by atoms with Crippen molar-refractivity contribution in [3.63, 3.8) is 0 Å². The van der Waals surface area contributed by atoms with E-state index >= 15 is 0 Å². The highest BCUT2D eigenvalue weighted by atomic mass is 35.5. The van der Waals surface area contributed by atoms with Crippen LogP contribution in [0.15, 0.2) is 70.1 Å². The summed E-state index contributed by atoms with van der Waals surface area (Å²) in [6.45, 7) is 0. The number of allylic oxidation sites excluding steroid dienone is 1. The summed E-state index contributed by atoms with van der Waals surface area (Å²) in [4.78, 5) is 24.5. The molecule has 3 aromatic rings. The summed E-state index contributed by atoms with van der Waals surface area (Å²) < 4.78 is 5.34. The quantitative estimate of drug-likeness (QED) is 0.534. The van der Waals surface area contributed by atoms with Crippen LogP contribution in [0.4, 0.5) is 0 Å². The summed E-state index contributed by atoms with van der Waals surface area (Å²) in [5.74, 6) is -0.394. The Morgan fingerprint density at radius 3 is 2.55 bits per heavy atom. The highest BCUT2D eigenvalue weighted by Crippen LogP contribution is 2.13. The molecule has 0 aliphatic heterocycles. The molecule has 0 unspecified atom stereocenters. The minimum absolute atomic E-state index is 0.0175. The van der Waals surface area contributed by atoms with E-state index in [1.54, 1.807) is 54.6 Å². The van der Waals surface area contributed by atoms with Gasteiger partial charge >= 0.3 is 0 Å². The van der Waals surface area contributed by atoms with Crippen LogP contribution in [-0.2, 0) is 0 Å². The molecule has 3 nitrogen and oxygen atoms in total. The minimum atomic E-state index is -0.394. The lowest BCUT2D eigenvalue weighted by Crippen LogP contribution is -2.13. The number of carbonyl (C=O) groups is 1. The molecule has 0 N–H and O–H groups in total. The highest BCUT2D eigenvalue weighted by molar-refractivity contribution is 6.30. The summed E-state index contributed by atoms with van der Waals surface area (Å²) in [6, 6.07) is 13.9. The zero-order valence-electron chi connectivity index (χ0n) is 11.5. The Morgan fingerprint density at radius 2 is 1.77 bits per heavy atom. The van der Waals surface area contributed by atoms with E-state index in [4.69, 9.17) is 16.0 Å². The van der Waals surface area contributed by atoms with Crippen LogP contribution in [0.5, 0.6) is 0 Å². The molecule has 0 spiro atoms. The maximum absolute atomic E-state index is 12.3. The molecule has 0 atom stereocenters. The van der Waals surface area contributed by atoms with Crippen molar-refractivity contribution < 1.29 is 9.21 Å². The van der Waals surface area contributed by atoms with Gasteiger partial charge in [0.05, 0.1) is 5.39 Å². The van der Waals surface area contributed by atoms with E-state index in [0.717, 1.165) is 5.56 Å². The van der Waals surface area contributed by atoms with Gasteiger partial charge < -0.3 is 4.42 Å². The number of para-hydroxylation sites is 1. The molecule has 0 bridgehead atoms. The van der Waals surface area contributed by atoms with Gasteiger partial charge in [0.2, 0.25) is 5.43 Å². The number of hydrogen-bond acceptors (Lipinski definition) is 3. The van der Waals surface area contributed by atoms with Crippen LogP contribution in [0.25, 0.3) is 17.0 Å². The lowest BCUT2D eigenvalue weighted by Gasteiger charge is -1.99. The third-order valence-corrected chi connectivity index (χ3v) is 3.49. The second kappa shape index (κ2) is 6.00. The van der Waals surface area contributed by atoms with Gasteiger partial charge in [-0.1, -0.05) is 41.9 Å². The molecule has 22 heavy (non-hydrogen) atoms. The monoisotopic (exact) mass is 310 g/mol. The van der Waals surface area contributed by atoms with Gasteiger partial charge in [0.25, 0.3) is 0 Å². The number of halogens is 1. The van der Waals surface area contributed by atoms with Crippen LogP contribution >= 0.6 is 11.6 Å². The highest BCUT2D eigenvalue weighted by Gasteiger charge is 2.11. The zero-order chi connectivity index (χ0) is 15.5. The van der Waals surface area contributed by atoms with Crippen molar-refractivity contribution >= 4 is 34.4 Å². The van der Waals surface area contributed by atoms with E-state index < -0.39 is 5.78 Å². The Balaban J connectivity index is 1.94. The van der Waals surface area contributed by atoms with Crippen molar-refractivity contribution in [1.29, 1.82) is 0 Å². The Bertz CT molecular complexity index is 921. The molecule has 0 saturated carbocycles. The van der Waals surface area contributed by atoms with Crippen LogP contribution in [-0.4, -0.2) is 5.78 Å². The lowest BCUT2D eigenvalue weighted by molar-refractivity contribution is 0.104. The average Bonchev–Trinajstić information content (AvgIpc) is 2.55. The normalized spacial score (nSPS) is 11.1. The SMILES string of the molecule is O=C(/C=C/c1ccc(Cl)cc1)c1coc2ccccc2c1=O. The molecular weight excluding hydrogens is 300 g/mol. The third-order valence-electron chi connectivity index (χ3n) is 3.24. The van der Waals surface area contributed by atoms with Gasteiger partial charge in [0, 0.05) is 5.02 Å². The fourth-order valence-electron chi connectivity index (χ4n) is 2.08. The third kappa shape index (κ3) is 2.85. The Labute approximate surface area is 131 Å². The van der Waals surface area contributed by atoms with E-state index in [1.165, 1.54) is 12.3 Å². The Hall–Kier alpha value is -2.65. The molecule has 2 aromatic carbocycles. The number of carbonyl (C=O) groups excluding carboxylic acids is 1. The van der Waals surface area contributed by atoms with Gasteiger partial charge in [0.15, 0.2) is 5.78 Å². The van der Waals surface area contributed by atoms with Gasteiger partial charge in [-0.25, -0.2) is 0 Å². The van der Waals surface area contributed by atoms with E-state index in [9.17, 15) is 9.59 Å². The summed E-state index contributed by atoms with van der Waals surface area (Å²) in [5, 5.41) is 1.02. The topological polar surface area (TPSA) is 47.3 Å². The maximum Gasteiger partial charge on any atom is 0.203 e. The van der Waals surface area contributed by atoms with Crippen LogP contribution < -0.4 is 5.43 Å². The maximum atomic E-state index is 12.3. The van der Waals surface area contributed by atoms with Gasteiger partial charge in [0.1, 0.15) is 17.4 Å². The van der Waals surface area contributed by atoms with E-state index in [2.05, 4.69) is 0 Å². The summed E-state index contributed by atoms with van der Waals surface area (Å²) in [7, 11) is 0. The standard InChI is InChI=1S/C18H11ClO3/c19-13-8-5-12(6-9-13)7-10-16(20)15-11-22-17-4-2-1-3-14(17)18(15)21/h1-11H/b10-7+. The van der Waals surface area contributed by atoms with E-state index in [1.807, 2.05) is 0 Å². The van der Waals surface area contributed by atoms with Crippen molar-refractivity contribution in [2.75, 3.05) is 0 Å². The predicted octanol–water partition coefficient (Wildman–Crippen LogP) is 4.34. The summed E-state index contributed by atoms with van der Waals surface area (Å²) in [5.41, 5.74) is 0.977. The van der Waals surface area contributed by atoms with Crippen LogP contribution in [0, 0.1) is 0 Å². The molecule has 1 aromatic heterocycles. The fraction of sp³-hybridized carbons (Fsp3) is 0. The molecule has 3 rings (SSSR count). The van der Waals surface area contributed by atoms with Gasteiger partial charge in [-0.2, -0.15) is 0 Å². The Morgan fingerprint density at radius 1 is 1.05 bits per heavy atom. The van der Waals surface area contributed by atoms with Gasteiger partial charge in [-0.15, -0.1) is 0 Å². The first-order valence-electron chi connectivity index (χ1n) is 6.64. The van der Waals surface area contributed by atoms with Crippen molar-refractivity contribution in [3.05, 3.63) is 87.2 Å². The zero-order valence-corrected chi connectivity index (χ0v) is 12.2. The van der Waals surface area contributed by atoms with Crippen LogP contribution in [0.3, 0.4) is 0 Å². The van der Waals surface area contributed by atoms with E-state index in [-0.39, 0.29) is 11.0 Å². The molecule has 1 heterocycles. The molecule has 0 radical (unpaired) electrons. The number of hydrogen-bond donors (Lipinski definition) is 0. The van der Waals surface area contributed by atoms with E-state index in [0.29, 0.717) is 16.0 Å². The summed E-state index contributed by atoms with van der Waals surface area (Å²) in [6.07, 6.45) is 4.19. The van der Waals surface area contributed by atoms with Crippen molar-refractivity contribution in [1.82, 2.24) is 0 Å². The van der Waals surface area contributed by atoms with Crippen molar-refractivity contribution in [3.8, 4) is 0 Å². The largest absolute Gasteiger partial charge is 0.463 e. The van der Waals surface area contributed by atoms with Gasteiger partial charge in [-0.05, 0) is 35.9 Å². The first kappa shape index (κ1) is 14.3. The Kier molecular flexibility index (Phi) is 3.90. The smallest absolute Gasteiger partial charge is 0.203 e. The first-order chi connectivity index (χ1) is 10.6. The lowest BCUT2D eigenvalue weighted by atomic mass is 10.1. The number of rotatable bonds is 3. The molecule has 108 valence electrons. The minimum Gasteiger partial charge on any atom is -0.463 e. The molecule has 0 aliphatic rings. The first-order valence-corrected chi connectivity index (χ1v) is 7.01. The molecule has 0 fully saturated rings. The van der Waals surface area contributed by atoms with Crippen molar-refractivity contribution in [2.24, 2.45) is 0 Å². The van der Waals surface area contributed by atoms with Crippen LogP contribution in [0.1, 0.15) is 15.9 Å². The number of ketones is 1. The molecule has 0 saturated heterocycles. The van der Waals surface area contributed by atoms with Gasteiger partial charge in [-0.3, -0.25) is 9.59 Å². The molecule has 0 aliphatic carbocycles. The number of fused-ring (bicyclic) bond motifs is 1. The fourth-order valence-corrected chi connectivity index (χ4v) is 2.21. The molecule has 0 amide bonds. The second-order valence-electron chi connectivity index (χ2n) is 4.72. The molecular formula is C18H11ClO3. The average molecular weight is 311 g/mol. The second-order valence-corrected chi connectivity index (χ2v) is 5.16. The van der Waals surface area contributed by atoms with Crippen LogP contribution in [0.2, 0.25) is 5.02 Å². The predicted molar refractivity (Wildman–Crippen MR) is 87.3 cm³/mol. The van der Waals surface area contributed by atoms with Crippen molar-refractivity contribution in [2.45, 2.75) is 0 Å². The molecule has 4 heteroatoms. The summed E-state index contributed by atoms with van der Waals surface area (Å²) >= 11 is 5.80.